The molecule has 0 aliphatic carbocycles. The Morgan fingerprint density at radius 1 is 1.33 bits per heavy atom. The average molecular weight is 332 g/mol. The van der Waals surface area contributed by atoms with Gasteiger partial charge in [0.15, 0.2) is 0 Å². The van der Waals surface area contributed by atoms with E-state index in [4.69, 9.17) is 0 Å². The molecule has 2 N–H and O–H groups in total. The van der Waals surface area contributed by atoms with E-state index in [2.05, 4.69) is 21.9 Å². The number of nitrogens with one attached hydrogen (secondary N) is 2. The van der Waals surface area contributed by atoms with Gasteiger partial charge >= 0.3 is 0 Å². The van der Waals surface area contributed by atoms with Crippen LogP contribution in [-0.4, -0.2) is 46.0 Å². The molecule has 7 heteroatoms. The van der Waals surface area contributed by atoms with E-state index in [1.165, 1.54) is 30.6 Å². The lowest BCUT2D eigenvalue weighted by molar-refractivity contribution is 0.175. The van der Waals surface area contributed by atoms with Gasteiger partial charge in [0.05, 0.1) is 4.90 Å². The third kappa shape index (κ3) is 4.75. The maximum atomic E-state index is 12.3. The molecule has 2 rings (SSSR count). The second kappa shape index (κ2) is 7.69. The molecule has 1 aromatic heterocycles. The van der Waals surface area contributed by atoms with Crippen molar-refractivity contribution in [3.63, 3.8) is 0 Å². The molecular weight excluding hydrogens is 306 g/mol. The van der Waals surface area contributed by atoms with E-state index < -0.39 is 10.0 Å². The van der Waals surface area contributed by atoms with Gasteiger partial charge in [-0.15, -0.1) is 11.3 Å². The summed E-state index contributed by atoms with van der Waals surface area (Å²) in [4.78, 5) is 3.78. The third-order valence-electron chi connectivity index (χ3n) is 3.87. The minimum Gasteiger partial charge on any atom is -0.315 e. The highest BCUT2D eigenvalue weighted by atomic mass is 32.2. The van der Waals surface area contributed by atoms with E-state index in [1.54, 1.807) is 11.4 Å². The minimum atomic E-state index is -3.39. The Kier molecular flexibility index (Phi) is 6.19. The second-order valence-corrected chi connectivity index (χ2v) is 8.34. The summed E-state index contributed by atoms with van der Waals surface area (Å²) in [6, 6.07) is 1.99. The number of hydrogen-bond donors (Lipinski definition) is 2. The first kappa shape index (κ1) is 16.9. The van der Waals surface area contributed by atoms with Crippen LogP contribution in [0.1, 0.15) is 31.1 Å². The van der Waals surface area contributed by atoms with Crippen LogP contribution in [0.3, 0.4) is 0 Å². The molecule has 0 spiro atoms. The zero-order valence-corrected chi connectivity index (χ0v) is 14.4. The van der Waals surface area contributed by atoms with Crippen molar-refractivity contribution in [1.82, 2.24) is 14.9 Å². The number of nitrogens with zero attached hydrogens (tertiary/aromatic N) is 1. The van der Waals surface area contributed by atoms with E-state index in [-0.39, 0.29) is 6.04 Å². The largest absolute Gasteiger partial charge is 0.315 e. The Morgan fingerprint density at radius 3 is 2.71 bits per heavy atom. The zero-order chi connectivity index (χ0) is 15.3. The van der Waals surface area contributed by atoms with E-state index in [0.29, 0.717) is 18.0 Å². The summed E-state index contributed by atoms with van der Waals surface area (Å²) in [5.41, 5.74) is 0. The van der Waals surface area contributed by atoms with Crippen molar-refractivity contribution in [2.24, 2.45) is 0 Å². The van der Waals surface area contributed by atoms with Gasteiger partial charge in [0.2, 0.25) is 10.0 Å². The van der Waals surface area contributed by atoms with Gasteiger partial charge in [-0.25, -0.2) is 13.1 Å². The lowest BCUT2D eigenvalue weighted by Gasteiger charge is -2.32. The Labute approximate surface area is 131 Å². The monoisotopic (exact) mass is 331 g/mol. The molecule has 0 saturated carbocycles. The summed E-state index contributed by atoms with van der Waals surface area (Å²) < 4.78 is 27.3. The van der Waals surface area contributed by atoms with Crippen LogP contribution >= 0.6 is 11.3 Å². The van der Waals surface area contributed by atoms with Crippen LogP contribution in [0.5, 0.6) is 0 Å². The molecule has 1 aromatic rings. The highest BCUT2D eigenvalue weighted by Crippen LogP contribution is 2.19. The molecule has 0 aromatic carbocycles. The maximum absolute atomic E-state index is 12.3. The summed E-state index contributed by atoms with van der Waals surface area (Å²) in [7, 11) is -1.53. The van der Waals surface area contributed by atoms with Gasteiger partial charge in [0.25, 0.3) is 0 Å². The molecule has 1 unspecified atom stereocenters. The van der Waals surface area contributed by atoms with Gasteiger partial charge in [0, 0.05) is 29.4 Å². The highest BCUT2D eigenvalue weighted by molar-refractivity contribution is 7.89. The number of hydrogen-bond acceptors (Lipinski definition) is 5. The lowest BCUT2D eigenvalue weighted by atomic mass is 10.1. The van der Waals surface area contributed by atoms with E-state index >= 15 is 0 Å². The number of sulfonamides is 1. The first-order valence-electron chi connectivity index (χ1n) is 7.48. The molecule has 21 heavy (non-hydrogen) atoms. The predicted octanol–water partition coefficient (Wildman–Crippen LogP) is 1.62. The molecular formula is C14H25N3O2S2. The molecule has 2 heterocycles. The second-order valence-electron chi connectivity index (χ2n) is 5.58. The van der Waals surface area contributed by atoms with Crippen molar-refractivity contribution in [2.45, 2.75) is 43.7 Å². The van der Waals surface area contributed by atoms with Crippen LogP contribution in [-0.2, 0) is 16.6 Å². The predicted molar refractivity (Wildman–Crippen MR) is 87.2 cm³/mol. The molecule has 0 bridgehead atoms. The molecule has 1 aliphatic rings. The molecule has 1 saturated heterocycles. The fourth-order valence-electron chi connectivity index (χ4n) is 2.57. The summed E-state index contributed by atoms with van der Waals surface area (Å²) in [6.07, 6.45) is 3.72. The Hall–Kier alpha value is -0.470. The molecule has 1 aliphatic heterocycles. The van der Waals surface area contributed by atoms with Crippen molar-refractivity contribution in [1.29, 1.82) is 0 Å². The van der Waals surface area contributed by atoms with Crippen LogP contribution in [0.15, 0.2) is 16.3 Å². The van der Waals surface area contributed by atoms with Crippen LogP contribution in [0.4, 0.5) is 0 Å². The maximum Gasteiger partial charge on any atom is 0.241 e. The fourth-order valence-corrected chi connectivity index (χ4v) is 4.98. The van der Waals surface area contributed by atoms with Crippen LogP contribution < -0.4 is 10.0 Å². The van der Waals surface area contributed by atoms with Crippen molar-refractivity contribution in [3.05, 3.63) is 16.3 Å². The van der Waals surface area contributed by atoms with E-state index in [1.807, 2.05) is 7.05 Å². The summed E-state index contributed by atoms with van der Waals surface area (Å²) in [5.74, 6) is 0. The molecule has 120 valence electrons. The number of thiophene rings is 1. The van der Waals surface area contributed by atoms with E-state index in [9.17, 15) is 8.42 Å². The van der Waals surface area contributed by atoms with Gasteiger partial charge in [0.1, 0.15) is 0 Å². The Balaban J connectivity index is 1.90. The molecule has 1 fully saturated rings. The first-order valence-corrected chi connectivity index (χ1v) is 9.85. The van der Waals surface area contributed by atoms with Crippen LogP contribution in [0, 0.1) is 0 Å². The lowest BCUT2D eigenvalue weighted by Crippen LogP contribution is -2.44. The van der Waals surface area contributed by atoms with Gasteiger partial charge in [-0.2, -0.15) is 0 Å². The molecule has 5 nitrogen and oxygen atoms in total. The minimum absolute atomic E-state index is 0.246. The molecule has 1 atom stereocenters. The third-order valence-corrected chi connectivity index (χ3v) is 6.36. The summed E-state index contributed by atoms with van der Waals surface area (Å²) in [6.45, 7) is 5.42. The van der Waals surface area contributed by atoms with Gasteiger partial charge in [-0.1, -0.05) is 6.42 Å². The smallest absolute Gasteiger partial charge is 0.241 e. The number of rotatable bonds is 7. The van der Waals surface area contributed by atoms with Gasteiger partial charge in [-0.05, 0) is 46.0 Å². The quantitative estimate of drug-likeness (QED) is 0.797. The van der Waals surface area contributed by atoms with Gasteiger partial charge < -0.3 is 5.32 Å². The summed E-state index contributed by atoms with van der Waals surface area (Å²) in [5, 5.41) is 4.74. The van der Waals surface area contributed by atoms with Crippen molar-refractivity contribution in [2.75, 3.05) is 26.7 Å². The molecule has 0 amide bonds. The van der Waals surface area contributed by atoms with Crippen LogP contribution in [0.2, 0.25) is 0 Å². The number of piperidine rings is 1. The van der Waals surface area contributed by atoms with Crippen LogP contribution in [0.25, 0.3) is 0 Å². The fraction of sp³-hybridized carbons (Fsp3) is 0.714. The Morgan fingerprint density at radius 2 is 2.05 bits per heavy atom. The first-order chi connectivity index (χ1) is 10.0. The normalized spacial score (nSPS) is 18.8. The zero-order valence-electron chi connectivity index (χ0n) is 12.8. The topological polar surface area (TPSA) is 61.4 Å². The standard InChI is InChI=1S/C14H25N3O2S2/c1-12(17-6-4-3-5-7-17)9-16-21(18,19)14-8-13(10-15-2)20-11-14/h8,11-12,15-16H,3-7,9-10H2,1-2H3. The van der Waals surface area contributed by atoms with Crippen molar-refractivity contribution in [3.8, 4) is 0 Å². The number of likely N-dealkylation sites (tertiary alicyclic amines) is 1. The van der Waals surface area contributed by atoms with E-state index in [0.717, 1.165) is 18.0 Å². The SMILES string of the molecule is CNCc1cc(S(=O)(=O)NCC(C)N2CCCCC2)cs1. The molecule has 0 radical (unpaired) electrons. The average Bonchev–Trinajstić information content (AvgIpc) is 2.96. The highest BCUT2D eigenvalue weighted by Gasteiger charge is 2.21. The Bertz CT molecular complexity index is 536. The van der Waals surface area contributed by atoms with Crippen molar-refractivity contribution < 1.29 is 8.42 Å². The summed E-state index contributed by atoms with van der Waals surface area (Å²) >= 11 is 1.47. The van der Waals surface area contributed by atoms with Gasteiger partial charge in [-0.3, -0.25) is 4.90 Å². The van der Waals surface area contributed by atoms with Crippen molar-refractivity contribution >= 4 is 21.4 Å².